The number of carboxylic acids is 1. The summed E-state index contributed by atoms with van der Waals surface area (Å²) in [7, 11) is 0. The Kier molecular flexibility index (Phi) is 7.88. The van der Waals surface area contributed by atoms with Gasteiger partial charge < -0.3 is 20.1 Å². The maximum absolute atomic E-state index is 11.7. The van der Waals surface area contributed by atoms with Crippen LogP contribution in [0.25, 0.3) is 0 Å². The lowest BCUT2D eigenvalue weighted by Crippen LogP contribution is -2.50. The maximum Gasteiger partial charge on any atom is 0.407 e. The van der Waals surface area contributed by atoms with Crippen molar-refractivity contribution in [3.8, 4) is 0 Å². The quantitative estimate of drug-likeness (QED) is 0.427. The normalized spacial score (nSPS) is 17.3. The molecule has 0 radical (unpaired) electrons. The summed E-state index contributed by atoms with van der Waals surface area (Å²) >= 11 is 0. The minimum Gasteiger partial charge on any atom is -0.480 e. The van der Waals surface area contributed by atoms with E-state index in [0.29, 0.717) is 12.8 Å². The molecule has 0 unspecified atom stereocenters. The summed E-state index contributed by atoms with van der Waals surface area (Å²) in [5.74, 6) is -1.04. The molecule has 1 fully saturated rings. The molecule has 1 aromatic rings. The van der Waals surface area contributed by atoms with E-state index < -0.39 is 18.1 Å². The van der Waals surface area contributed by atoms with Crippen LogP contribution in [0.5, 0.6) is 0 Å². The Labute approximate surface area is 152 Å². The van der Waals surface area contributed by atoms with Crippen LogP contribution in [-0.4, -0.2) is 53.8 Å². The van der Waals surface area contributed by atoms with Gasteiger partial charge in [-0.05, 0) is 37.8 Å². The monoisotopic (exact) mass is 363 g/mol. The number of nitrogens with one attached hydrogen (secondary N) is 2. The average Bonchev–Trinajstić information content (AvgIpc) is 3.17. The third-order valence-corrected chi connectivity index (χ3v) is 4.30. The number of rotatable bonds is 10. The molecule has 0 aromatic heterocycles. The highest BCUT2D eigenvalue weighted by Crippen LogP contribution is 2.15. The van der Waals surface area contributed by atoms with E-state index in [1.807, 2.05) is 30.3 Å². The molecular weight excluding hydrogens is 338 g/mol. The number of hydrogen-bond acceptors (Lipinski definition) is 5. The molecule has 1 heterocycles. The van der Waals surface area contributed by atoms with Crippen molar-refractivity contribution >= 4 is 18.5 Å². The maximum atomic E-state index is 11.7. The van der Waals surface area contributed by atoms with Gasteiger partial charge in [0.05, 0.1) is 6.17 Å². The molecular formula is C18H25N3O5. The van der Waals surface area contributed by atoms with Crippen molar-refractivity contribution in [3.05, 3.63) is 35.9 Å². The minimum atomic E-state index is -1.04. The Morgan fingerprint density at radius 3 is 2.77 bits per heavy atom. The second-order valence-corrected chi connectivity index (χ2v) is 6.15. The molecule has 2 atom stereocenters. The first kappa shape index (κ1) is 19.7. The Balaban J connectivity index is 1.71. The van der Waals surface area contributed by atoms with Crippen molar-refractivity contribution < 1.29 is 24.2 Å². The van der Waals surface area contributed by atoms with E-state index in [-0.39, 0.29) is 25.7 Å². The Morgan fingerprint density at radius 1 is 1.38 bits per heavy atom. The summed E-state index contributed by atoms with van der Waals surface area (Å²) in [5, 5.41) is 15.1. The number of benzene rings is 1. The molecule has 0 spiro atoms. The van der Waals surface area contributed by atoms with Gasteiger partial charge in [-0.1, -0.05) is 30.3 Å². The number of hydrogen-bond donors (Lipinski definition) is 3. The lowest BCUT2D eigenvalue weighted by molar-refractivity contribution is -0.148. The summed E-state index contributed by atoms with van der Waals surface area (Å²) in [4.78, 5) is 35.8. The number of ether oxygens (including phenoxy) is 1. The van der Waals surface area contributed by atoms with E-state index in [9.17, 15) is 19.5 Å². The van der Waals surface area contributed by atoms with E-state index in [1.54, 1.807) is 0 Å². The van der Waals surface area contributed by atoms with Crippen LogP contribution < -0.4 is 10.6 Å². The predicted octanol–water partition coefficient (Wildman–Crippen LogP) is 1.31. The summed E-state index contributed by atoms with van der Waals surface area (Å²) in [6.07, 6.45) is 2.13. The zero-order valence-corrected chi connectivity index (χ0v) is 14.6. The number of amides is 2. The van der Waals surface area contributed by atoms with E-state index in [0.717, 1.165) is 24.9 Å². The minimum absolute atomic E-state index is 0.177. The van der Waals surface area contributed by atoms with Crippen molar-refractivity contribution in [3.63, 3.8) is 0 Å². The topological polar surface area (TPSA) is 108 Å². The highest BCUT2D eigenvalue weighted by molar-refractivity contribution is 5.76. The summed E-state index contributed by atoms with van der Waals surface area (Å²) in [6, 6.07) is 8.41. The van der Waals surface area contributed by atoms with Gasteiger partial charge in [0.25, 0.3) is 0 Å². The van der Waals surface area contributed by atoms with Crippen LogP contribution in [0.15, 0.2) is 30.3 Å². The van der Waals surface area contributed by atoms with E-state index in [1.165, 1.54) is 4.90 Å². The first-order valence-corrected chi connectivity index (χ1v) is 8.75. The standard InChI is InChI=1S/C18H25N3O5/c22-13-21(16-9-5-10-19-16)15(17(23)24)8-4-11-20-18(25)26-12-14-6-2-1-3-7-14/h1-3,6-7,13,15-16,19H,4-5,8-12H2,(H,20,25)(H,23,24)/t15-,16+/m0/s1. The van der Waals surface area contributed by atoms with Gasteiger partial charge in [0.2, 0.25) is 6.41 Å². The lowest BCUT2D eigenvalue weighted by Gasteiger charge is -2.30. The van der Waals surface area contributed by atoms with Gasteiger partial charge in [-0.25, -0.2) is 9.59 Å². The van der Waals surface area contributed by atoms with Crippen LogP contribution in [-0.2, 0) is 20.9 Å². The van der Waals surface area contributed by atoms with E-state index in [2.05, 4.69) is 10.6 Å². The van der Waals surface area contributed by atoms with Gasteiger partial charge in [0, 0.05) is 6.54 Å². The molecule has 1 aliphatic rings. The third-order valence-electron chi connectivity index (χ3n) is 4.30. The van der Waals surface area contributed by atoms with Crippen LogP contribution in [0, 0.1) is 0 Å². The molecule has 0 bridgehead atoms. The van der Waals surface area contributed by atoms with Gasteiger partial charge in [-0.3, -0.25) is 10.1 Å². The number of aliphatic carboxylic acids is 1. The first-order valence-electron chi connectivity index (χ1n) is 8.75. The molecule has 8 heteroatoms. The predicted molar refractivity (Wildman–Crippen MR) is 94.2 cm³/mol. The van der Waals surface area contributed by atoms with Gasteiger partial charge in [0.15, 0.2) is 0 Å². The SMILES string of the molecule is O=CN([C@@H]1CCCN1)[C@@H](CCCNC(=O)OCc1ccccc1)C(=O)O. The van der Waals surface area contributed by atoms with Crippen LogP contribution in [0.1, 0.15) is 31.2 Å². The summed E-state index contributed by atoms with van der Waals surface area (Å²) in [6.45, 7) is 1.23. The molecule has 0 aliphatic carbocycles. The molecule has 1 aliphatic heterocycles. The van der Waals surface area contributed by atoms with E-state index in [4.69, 9.17) is 4.74 Å². The van der Waals surface area contributed by atoms with Gasteiger partial charge in [-0.2, -0.15) is 0 Å². The molecule has 8 nitrogen and oxygen atoms in total. The van der Waals surface area contributed by atoms with Crippen molar-refractivity contribution in [2.75, 3.05) is 13.1 Å². The molecule has 2 rings (SSSR count). The van der Waals surface area contributed by atoms with Gasteiger partial charge in [0.1, 0.15) is 12.6 Å². The highest BCUT2D eigenvalue weighted by Gasteiger charge is 2.31. The number of carbonyl (C=O) groups is 3. The molecule has 1 saturated heterocycles. The zero-order valence-electron chi connectivity index (χ0n) is 14.6. The number of carboxylic acid groups (broad SMARTS) is 1. The van der Waals surface area contributed by atoms with Gasteiger partial charge >= 0.3 is 12.1 Å². The van der Waals surface area contributed by atoms with E-state index >= 15 is 0 Å². The fourth-order valence-corrected chi connectivity index (χ4v) is 2.94. The van der Waals surface area contributed by atoms with Crippen LogP contribution in [0.2, 0.25) is 0 Å². The second kappa shape index (κ2) is 10.4. The first-order chi connectivity index (χ1) is 12.6. The van der Waals surface area contributed by atoms with Crippen molar-refractivity contribution in [2.45, 2.75) is 44.5 Å². The summed E-state index contributed by atoms with van der Waals surface area (Å²) in [5.41, 5.74) is 0.888. The number of nitrogens with zero attached hydrogens (tertiary/aromatic N) is 1. The molecule has 3 N–H and O–H groups in total. The van der Waals surface area contributed by atoms with Crippen LogP contribution in [0.3, 0.4) is 0 Å². The largest absolute Gasteiger partial charge is 0.480 e. The molecule has 142 valence electrons. The number of carbonyl (C=O) groups excluding carboxylic acids is 2. The van der Waals surface area contributed by atoms with Crippen LogP contribution in [0.4, 0.5) is 4.79 Å². The Morgan fingerprint density at radius 2 is 2.15 bits per heavy atom. The summed E-state index contributed by atoms with van der Waals surface area (Å²) < 4.78 is 5.09. The van der Waals surface area contributed by atoms with Crippen molar-refractivity contribution in [2.24, 2.45) is 0 Å². The Bertz CT molecular complexity index is 590. The van der Waals surface area contributed by atoms with Crippen molar-refractivity contribution in [1.29, 1.82) is 0 Å². The average molecular weight is 363 g/mol. The molecule has 26 heavy (non-hydrogen) atoms. The highest BCUT2D eigenvalue weighted by atomic mass is 16.5. The Hall–Kier alpha value is -2.61. The van der Waals surface area contributed by atoms with Crippen molar-refractivity contribution in [1.82, 2.24) is 15.5 Å². The molecule has 0 saturated carbocycles. The fourth-order valence-electron chi connectivity index (χ4n) is 2.94. The molecule has 1 aromatic carbocycles. The molecule has 2 amide bonds. The lowest BCUT2D eigenvalue weighted by atomic mass is 10.1. The smallest absolute Gasteiger partial charge is 0.407 e. The van der Waals surface area contributed by atoms with Gasteiger partial charge in [-0.15, -0.1) is 0 Å². The third kappa shape index (κ3) is 6.03. The fraction of sp³-hybridized carbons (Fsp3) is 0.500. The number of alkyl carbamates (subject to hydrolysis) is 1. The van der Waals surface area contributed by atoms with Crippen LogP contribution >= 0.6 is 0 Å². The second-order valence-electron chi connectivity index (χ2n) is 6.15. The zero-order chi connectivity index (χ0) is 18.8.